The lowest BCUT2D eigenvalue weighted by Gasteiger charge is -2.14. The predicted octanol–water partition coefficient (Wildman–Crippen LogP) is 1.56. The molecule has 2 N–H and O–H groups in total. The van der Waals surface area contributed by atoms with Gasteiger partial charge in [0, 0.05) is 24.8 Å². The van der Waals surface area contributed by atoms with Gasteiger partial charge in [-0.25, -0.2) is 4.98 Å². The topological polar surface area (TPSA) is 81.1 Å². The van der Waals surface area contributed by atoms with Gasteiger partial charge in [0.1, 0.15) is 5.82 Å². The van der Waals surface area contributed by atoms with E-state index in [1.165, 1.54) is 0 Å². The van der Waals surface area contributed by atoms with Crippen LogP contribution in [0, 0.1) is 0 Å². The van der Waals surface area contributed by atoms with Gasteiger partial charge in [-0.1, -0.05) is 0 Å². The normalized spacial score (nSPS) is 10.5. The van der Waals surface area contributed by atoms with Crippen LogP contribution in [0.4, 0.5) is 11.8 Å². The quantitative estimate of drug-likeness (QED) is 0.863. The van der Waals surface area contributed by atoms with Gasteiger partial charge in [-0.2, -0.15) is 4.98 Å². The first kappa shape index (κ1) is 11.4. The molecule has 0 atom stereocenters. The van der Waals surface area contributed by atoms with Crippen molar-refractivity contribution in [3.8, 4) is 11.5 Å². The highest BCUT2D eigenvalue weighted by Gasteiger charge is 2.12. The minimum absolute atomic E-state index is 0.435. The Morgan fingerprint density at radius 2 is 2.12 bits per heavy atom. The van der Waals surface area contributed by atoms with Crippen molar-refractivity contribution in [2.75, 3.05) is 23.7 Å². The van der Waals surface area contributed by atoms with Crippen LogP contribution in [0.3, 0.4) is 0 Å². The Balaban J connectivity index is 2.29. The number of nitrogens with zero attached hydrogens (tertiary/aromatic N) is 4. The highest BCUT2D eigenvalue weighted by molar-refractivity contribution is 5.57. The summed E-state index contributed by atoms with van der Waals surface area (Å²) in [6, 6.07) is 3.50. The molecule has 0 saturated carbocycles. The molecule has 0 unspecified atom stereocenters. The third-order valence-corrected chi connectivity index (χ3v) is 2.49. The van der Waals surface area contributed by atoms with Gasteiger partial charge in [0.25, 0.3) is 11.8 Å². The van der Waals surface area contributed by atoms with Crippen molar-refractivity contribution >= 4 is 11.8 Å². The molecule has 17 heavy (non-hydrogen) atoms. The van der Waals surface area contributed by atoms with Gasteiger partial charge in [0.15, 0.2) is 0 Å². The molecule has 2 aromatic heterocycles. The summed E-state index contributed by atoms with van der Waals surface area (Å²) >= 11 is 0. The molecule has 2 rings (SSSR count). The van der Waals surface area contributed by atoms with Crippen LogP contribution in [-0.2, 0) is 0 Å². The van der Waals surface area contributed by atoms with E-state index >= 15 is 0 Å². The van der Waals surface area contributed by atoms with Crippen LogP contribution >= 0.6 is 0 Å². The fourth-order valence-corrected chi connectivity index (χ4v) is 1.55. The molecule has 0 aromatic carbocycles. The van der Waals surface area contributed by atoms with E-state index < -0.39 is 0 Å². The lowest BCUT2D eigenvalue weighted by molar-refractivity contribution is 0.429. The highest BCUT2D eigenvalue weighted by atomic mass is 16.5. The molecule has 0 aliphatic heterocycles. The summed E-state index contributed by atoms with van der Waals surface area (Å²) < 4.78 is 5.20. The monoisotopic (exact) mass is 233 g/mol. The fraction of sp³-hybridized carbons (Fsp3) is 0.364. The molecule has 6 heteroatoms. The van der Waals surface area contributed by atoms with Crippen LogP contribution in [0.25, 0.3) is 11.5 Å². The average molecular weight is 233 g/mol. The summed E-state index contributed by atoms with van der Waals surface area (Å²) in [5.41, 5.74) is 6.38. The molecule has 2 aromatic rings. The minimum Gasteiger partial charge on any atom is -0.384 e. The zero-order valence-corrected chi connectivity index (χ0v) is 9.92. The molecule has 0 spiro atoms. The first-order valence-electron chi connectivity index (χ1n) is 5.55. The molecule has 0 fully saturated rings. The fourth-order valence-electron chi connectivity index (χ4n) is 1.55. The number of aromatic nitrogens is 3. The summed E-state index contributed by atoms with van der Waals surface area (Å²) in [5.74, 6) is 1.49. The van der Waals surface area contributed by atoms with Crippen LogP contribution in [0.2, 0.25) is 0 Å². The highest BCUT2D eigenvalue weighted by Crippen LogP contribution is 2.20. The van der Waals surface area contributed by atoms with Gasteiger partial charge in [-0.15, -0.1) is 0 Å². The van der Waals surface area contributed by atoms with Gasteiger partial charge >= 0.3 is 0 Å². The number of nitrogens with two attached hydrogens (primary N) is 1. The first-order valence-corrected chi connectivity index (χ1v) is 5.55. The maximum Gasteiger partial charge on any atom is 0.266 e. The molecule has 0 radical (unpaired) electrons. The van der Waals surface area contributed by atoms with Crippen LogP contribution in [-0.4, -0.2) is 28.2 Å². The molecule has 90 valence electrons. The summed E-state index contributed by atoms with van der Waals surface area (Å²) in [4.78, 5) is 10.3. The van der Waals surface area contributed by atoms with Gasteiger partial charge in [0.05, 0.1) is 0 Å². The standard InChI is InChI=1S/C11H15N5O/c1-3-16(4-2)11-14-10(17-15-11)8-5-6-13-9(12)7-8/h5-7H,3-4H2,1-2H3,(H2,12,13). The average Bonchev–Trinajstić information content (AvgIpc) is 2.80. The Morgan fingerprint density at radius 3 is 2.76 bits per heavy atom. The van der Waals surface area contributed by atoms with Crippen molar-refractivity contribution < 1.29 is 4.52 Å². The molecule has 0 aliphatic rings. The van der Waals surface area contributed by atoms with Crippen molar-refractivity contribution in [1.82, 2.24) is 15.1 Å². The Hall–Kier alpha value is -2.11. The largest absolute Gasteiger partial charge is 0.384 e. The van der Waals surface area contributed by atoms with Crippen LogP contribution in [0.1, 0.15) is 13.8 Å². The number of hydrogen-bond acceptors (Lipinski definition) is 6. The third kappa shape index (κ3) is 2.35. The Labute approximate surface area is 99.5 Å². The van der Waals surface area contributed by atoms with Gasteiger partial charge < -0.3 is 15.2 Å². The van der Waals surface area contributed by atoms with Crippen molar-refractivity contribution in [3.05, 3.63) is 18.3 Å². The van der Waals surface area contributed by atoms with E-state index in [2.05, 4.69) is 15.1 Å². The van der Waals surface area contributed by atoms with E-state index in [1.54, 1.807) is 18.3 Å². The Morgan fingerprint density at radius 1 is 1.35 bits per heavy atom. The zero-order chi connectivity index (χ0) is 12.3. The van der Waals surface area contributed by atoms with Crippen LogP contribution in [0.5, 0.6) is 0 Å². The number of rotatable bonds is 4. The molecular formula is C11H15N5O. The lowest BCUT2D eigenvalue weighted by atomic mass is 10.2. The maximum absolute atomic E-state index is 5.60. The number of nitrogen functional groups attached to an aromatic ring is 1. The minimum atomic E-state index is 0.435. The second-order valence-electron chi connectivity index (χ2n) is 3.54. The van der Waals surface area contributed by atoms with Gasteiger partial charge in [0.2, 0.25) is 0 Å². The molecule has 6 nitrogen and oxygen atoms in total. The summed E-state index contributed by atoms with van der Waals surface area (Å²) in [6.45, 7) is 5.77. The molecule has 0 saturated heterocycles. The number of pyridine rings is 1. The number of hydrogen-bond donors (Lipinski definition) is 1. The van der Waals surface area contributed by atoms with Crippen LogP contribution < -0.4 is 10.6 Å². The maximum atomic E-state index is 5.60. The van der Waals surface area contributed by atoms with E-state index in [4.69, 9.17) is 10.3 Å². The molecule has 2 heterocycles. The summed E-state index contributed by atoms with van der Waals surface area (Å²) in [7, 11) is 0. The summed E-state index contributed by atoms with van der Waals surface area (Å²) in [6.07, 6.45) is 1.62. The third-order valence-electron chi connectivity index (χ3n) is 2.49. The van der Waals surface area contributed by atoms with E-state index in [-0.39, 0.29) is 0 Å². The van der Waals surface area contributed by atoms with Crippen molar-refractivity contribution in [2.24, 2.45) is 0 Å². The van der Waals surface area contributed by atoms with E-state index in [1.807, 2.05) is 18.7 Å². The van der Waals surface area contributed by atoms with Gasteiger partial charge in [-0.3, -0.25) is 0 Å². The molecule has 0 amide bonds. The van der Waals surface area contributed by atoms with Gasteiger partial charge in [-0.05, 0) is 31.1 Å². The number of anilines is 2. The predicted molar refractivity (Wildman–Crippen MR) is 65.5 cm³/mol. The van der Waals surface area contributed by atoms with Crippen LogP contribution in [0.15, 0.2) is 22.9 Å². The van der Waals surface area contributed by atoms with E-state index in [0.717, 1.165) is 18.7 Å². The van der Waals surface area contributed by atoms with Crippen molar-refractivity contribution in [1.29, 1.82) is 0 Å². The van der Waals surface area contributed by atoms with Crippen molar-refractivity contribution in [2.45, 2.75) is 13.8 Å². The zero-order valence-electron chi connectivity index (χ0n) is 9.92. The SMILES string of the molecule is CCN(CC)c1noc(-c2ccnc(N)c2)n1. The molecule has 0 bridgehead atoms. The Kier molecular flexibility index (Phi) is 3.22. The van der Waals surface area contributed by atoms with Crippen molar-refractivity contribution in [3.63, 3.8) is 0 Å². The summed E-state index contributed by atoms with van der Waals surface area (Å²) in [5, 5.41) is 3.94. The Bertz CT molecular complexity index is 492. The lowest BCUT2D eigenvalue weighted by Crippen LogP contribution is -2.22. The molecular weight excluding hydrogens is 218 g/mol. The smallest absolute Gasteiger partial charge is 0.266 e. The second kappa shape index (κ2) is 4.82. The van der Waals surface area contributed by atoms with E-state index in [0.29, 0.717) is 17.7 Å². The van der Waals surface area contributed by atoms with E-state index in [9.17, 15) is 0 Å². The second-order valence-corrected chi connectivity index (χ2v) is 3.54. The first-order chi connectivity index (χ1) is 8.24. The molecule has 0 aliphatic carbocycles.